The van der Waals surface area contributed by atoms with Gasteiger partial charge in [0.2, 0.25) is 5.91 Å². The molecule has 158 valence electrons. The molecule has 0 spiro atoms. The van der Waals surface area contributed by atoms with Gasteiger partial charge in [-0.25, -0.2) is 9.78 Å². The number of hydrogen-bond donors (Lipinski definition) is 3. The highest BCUT2D eigenvalue weighted by Gasteiger charge is 2.19. The average molecular weight is 456 g/mol. The third kappa shape index (κ3) is 4.28. The van der Waals surface area contributed by atoms with E-state index < -0.39 is 5.25 Å². The van der Waals surface area contributed by atoms with Gasteiger partial charge in [-0.3, -0.25) is 14.2 Å². The number of aromatic amines is 2. The number of benzene rings is 2. The molecule has 3 N–H and O–H groups in total. The van der Waals surface area contributed by atoms with Crippen LogP contribution in [0.3, 0.4) is 0 Å². The molecule has 0 radical (unpaired) electrons. The Kier molecular flexibility index (Phi) is 5.71. The van der Waals surface area contributed by atoms with Crippen molar-refractivity contribution < 1.29 is 4.79 Å². The molecule has 8 nitrogen and oxygen atoms in total. The van der Waals surface area contributed by atoms with Crippen LogP contribution in [0.15, 0.2) is 63.8 Å². The topological polar surface area (TPSA) is 113 Å². The molecule has 1 atom stereocenters. The molecule has 4 rings (SSSR count). The lowest BCUT2D eigenvalue weighted by Crippen LogP contribution is -2.26. The van der Waals surface area contributed by atoms with E-state index in [1.54, 1.807) is 49.4 Å². The molecule has 31 heavy (non-hydrogen) atoms. The predicted octanol–water partition coefficient (Wildman–Crippen LogP) is 3.52. The van der Waals surface area contributed by atoms with Crippen LogP contribution in [-0.4, -0.2) is 30.7 Å². The molecule has 0 unspecified atom stereocenters. The van der Waals surface area contributed by atoms with Gasteiger partial charge in [0.05, 0.1) is 27.2 Å². The largest absolute Gasteiger partial charge is 0.325 e. The van der Waals surface area contributed by atoms with Crippen molar-refractivity contribution in [2.75, 3.05) is 5.32 Å². The van der Waals surface area contributed by atoms with E-state index >= 15 is 0 Å². The number of allylic oxidation sites excluding steroid dienone is 1. The monoisotopic (exact) mass is 455 g/mol. The first-order valence-electron chi connectivity index (χ1n) is 9.36. The minimum atomic E-state index is -0.555. The third-order valence-corrected chi connectivity index (χ3v) is 5.95. The van der Waals surface area contributed by atoms with E-state index in [0.29, 0.717) is 37.8 Å². The van der Waals surface area contributed by atoms with Crippen molar-refractivity contribution >= 4 is 56.9 Å². The first kappa shape index (κ1) is 21.0. The molecule has 0 saturated heterocycles. The Balaban J connectivity index is 1.61. The molecule has 10 heteroatoms. The van der Waals surface area contributed by atoms with Crippen LogP contribution in [0, 0.1) is 0 Å². The van der Waals surface area contributed by atoms with Gasteiger partial charge < -0.3 is 15.3 Å². The lowest BCUT2D eigenvalue weighted by Gasteiger charge is -2.15. The number of fused-ring (bicyclic) bond motifs is 2. The van der Waals surface area contributed by atoms with Crippen LogP contribution in [0.4, 0.5) is 5.69 Å². The summed E-state index contributed by atoms with van der Waals surface area (Å²) in [5, 5.41) is 3.58. The molecule has 0 bridgehead atoms. The maximum atomic E-state index is 12.9. The molecule has 2 aromatic carbocycles. The Morgan fingerprint density at radius 1 is 1.26 bits per heavy atom. The first-order chi connectivity index (χ1) is 14.9. The zero-order chi connectivity index (χ0) is 22.1. The number of carbonyl (C=O) groups excluding carboxylic acids is 1. The van der Waals surface area contributed by atoms with Gasteiger partial charge in [-0.1, -0.05) is 29.4 Å². The molecule has 2 heterocycles. The number of thioether (sulfide) groups is 1. The number of amides is 1. The lowest BCUT2D eigenvalue weighted by atomic mass is 10.2. The predicted molar refractivity (Wildman–Crippen MR) is 124 cm³/mol. The number of halogens is 1. The maximum Gasteiger partial charge on any atom is 0.323 e. The SMILES string of the molecule is C=CCn1c(S[C@@H](C)C(=O)Nc2ccc3[nH]c(=O)[nH]c3c2)nc2cc(Cl)ccc2c1=O. The fraction of sp³-hybridized carbons (Fsp3) is 0.143. The van der Waals surface area contributed by atoms with E-state index in [4.69, 9.17) is 11.6 Å². The number of nitrogens with one attached hydrogen (secondary N) is 3. The van der Waals surface area contributed by atoms with Crippen molar-refractivity contribution in [3.05, 3.63) is 74.9 Å². The summed E-state index contributed by atoms with van der Waals surface area (Å²) in [6, 6.07) is 9.98. The summed E-state index contributed by atoms with van der Waals surface area (Å²) in [6.07, 6.45) is 1.60. The van der Waals surface area contributed by atoms with Crippen LogP contribution < -0.4 is 16.6 Å². The molecule has 2 aromatic heterocycles. The van der Waals surface area contributed by atoms with Crippen molar-refractivity contribution in [2.24, 2.45) is 0 Å². The lowest BCUT2D eigenvalue weighted by molar-refractivity contribution is -0.115. The molecular weight excluding hydrogens is 438 g/mol. The minimum Gasteiger partial charge on any atom is -0.325 e. The zero-order valence-electron chi connectivity index (χ0n) is 16.4. The highest BCUT2D eigenvalue weighted by molar-refractivity contribution is 8.00. The van der Waals surface area contributed by atoms with Gasteiger partial charge in [0.1, 0.15) is 0 Å². The van der Waals surface area contributed by atoms with Crippen LogP contribution in [0.1, 0.15) is 6.92 Å². The number of hydrogen-bond acceptors (Lipinski definition) is 5. The standard InChI is InChI=1S/C21H18ClN5O3S/c1-3-8-27-19(29)14-6-4-12(22)9-16(14)26-21(27)31-11(2)18(28)23-13-5-7-15-17(10-13)25-20(30)24-15/h3-7,9-11H,1,8H2,2H3,(H,23,28)(H2,24,25,30)/t11-/m0/s1. The summed E-state index contributed by atoms with van der Waals surface area (Å²) in [5.41, 5.74) is 1.72. The van der Waals surface area contributed by atoms with Crippen molar-refractivity contribution in [3.8, 4) is 0 Å². The van der Waals surface area contributed by atoms with Crippen LogP contribution in [0.2, 0.25) is 5.02 Å². The van der Waals surface area contributed by atoms with E-state index in [1.807, 2.05) is 0 Å². The molecule has 0 saturated carbocycles. The van der Waals surface area contributed by atoms with Crippen LogP contribution in [-0.2, 0) is 11.3 Å². The van der Waals surface area contributed by atoms with E-state index in [-0.39, 0.29) is 23.7 Å². The smallest absolute Gasteiger partial charge is 0.323 e. The molecule has 0 fully saturated rings. The summed E-state index contributed by atoms with van der Waals surface area (Å²) in [7, 11) is 0. The summed E-state index contributed by atoms with van der Waals surface area (Å²) >= 11 is 7.22. The van der Waals surface area contributed by atoms with Crippen LogP contribution >= 0.6 is 23.4 Å². The maximum absolute atomic E-state index is 12.9. The van der Waals surface area contributed by atoms with Gasteiger partial charge in [0, 0.05) is 17.3 Å². The zero-order valence-corrected chi connectivity index (χ0v) is 18.0. The van der Waals surface area contributed by atoms with Gasteiger partial charge in [-0.15, -0.1) is 6.58 Å². The number of carbonyl (C=O) groups is 1. The van der Waals surface area contributed by atoms with Gasteiger partial charge in [-0.05, 0) is 43.3 Å². The first-order valence-corrected chi connectivity index (χ1v) is 10.6. The Morgan fingerprint density at radius 2 is 2.03 bits per heavy atom. The fourth-order valence-electron chi connectivity index (χ4n) is 3.12. The molecular formula is C21H18ClN5O3S. The van der Waals surface area contributed by atoms with Gasteiger partial charge >= 0.3 is 5.69 Å². The van der Waals surface area contributed by atoms with Gasteiger partial charge in [0.15, 0.2) is 5.16 Å². The second-order valence-electron chi connectivity index (χ2n) is 6.85. The number of H-pyrrole nitrogens is 2. The molecule has 0 aliphatic heterocycles. The average Bonchev–Trinajstić information content (AvgIpc) is 3.09. The molecule has 4 aromatic rings. The normalized spacial score (nSPS) is 12.2. The molecule has 0 aliphatic rings. The Hall–Kier alpha value is -3.30. The van der Waals surface area contributed by atoms with Gasteiger partial charge in [0.25, 0.3) is 5.56 Å². The van der Waals surface area contributed by atoms with E-state index in [2.05, 4.69) is 26.8 Å². The summed E-state index contributed by atoms with van der Waals surface area (Å²) in [5.74, 6) is -0.271. The summed E-state index contributed by atoms with van der Waals surface area (Å²) in [6.45, 7) is 5.69. The second-order valence-corrected chi connectivity index (χ2v) is 8.59. The quantitative estimate of drug-likeness (QED) is 0.234. The fourth-order valence-corrected chi connectivity index (χ4v) is 4.20. The van der Waals surface area contributed by atoms with E-state index in [1.165, 1.54) is 16.3 Å². The van der Waals surface area contributed by atoms with Gasteiger partial charge in [-0.2, -0.15) is 0 Å². The van der Waals surface area contributed by atoms with Crippen LogP contribution in [0.5, 0.6) is 0 Å². The molecule has 0 aliphatic carbocycles. The number of rotatable bonds is 6. The van der Waals surface area contributed by atoms with Crippen LogP contribution in [0.25, 0.3) is 21.9 Å². The molecule has 1 amide bonds. The number of nitrogens with zero attached hydrogens (tertiary/aromatic N) is 2. The van der Waals surface area contributed by atoms with E-state index in [0.717, 1.165) is 0 Å². The number of aromatic nitrogens is 4. The van der Waals surface area contributed by atoms with Crippen molar-refractivity contribution in [2.45, 2.75) is 23.9 Å². The van der Waals surface area contributed by atoms with Crippen molar-refractivity contribution in [1.29, 1.82) is 0 Å². The second kappa shape index (κ2) is 8.44. The Morgan fingerprint density at radius 3 is 2.81 bits per heavy atom. The Labute approximate surface area is 185 Å². The minimum absolute atomic E-state index is 0.224. The summed E-state index contributed by atoms with van der Waals surface area (Å²) < 4.78 is 1.48. The highest BCUT2D eigenvalue weighted by Crippen LogP contribution is 2.25. The number of anilines is 1. The van der Waals surface area contributed by atoms with Crippen molar-refractivity contribution in [1.82, 2.24) is 19.5 Å². The third-order valence-electron chi connectivity index (χ3n) is 4.63. The van der Waals surface area contributed by atoms with Crippen molar-refractivity contribution in [3.63, 3.8) is 0 Å². The Bertz CT molecular complexity index is 1440. The highest BCUT2D eigenvalue weighted by atomic mass is 35.5. The number of imidazole rings is 1. The van der Waals surface area contributed by atoms with E-state index in [9.17, 15) is 14.4 Å². The summed E-state index contributed by atoms with van der Waals surface area (Å²) in [4.78, 5) is 46.9.